The number of hydrogen-bond donors (Lipinski definition) is 2. The summed E-state index contributed by atoms with van der Waals surface area (Å²) in [6, 6.07) is 8.92. The van der Waals surface area contributed by atoms with E-state index in [1.165, 1.54) is 11.3 Å². The molecule has 0 unspecified atom stereocenters. The van der Waals surface area contributed by atoms with Crippen molar-refractivity contribution in [1.82, 2.24) is 0 Å². The van der Waals surface area contributed by atoms with Crippen molar-refractivity contribution in [2.45, 2.75) is 6.42 Å². The number of aliphatic hydroxyl groups excluding tert-OH is 1. The fraction of sp³-hybridized carbons (Fsp3) is 0.133. The van der Waals surface area contributed by atoms with E-state index < -0.39 is 0 Å². The molecule has 1 aromatic heterocycles. The van der Waals surface area contributed by atoms with Crippen molar-refractivity contribution in [3.05, 3.63) is 51.2 Å². The summed E-state index contributed by atoms with van der Waals surface area (Å²) < 4.78 is 0. The van der Waals surface area contributed by atoms with E-state index in [9.17, 15) is 4.79 Å². The predicted molar refractivity (Wildman–Crippen MR) is 82.3 cm³/mol. The lowest BCUT2D eigenvalue weighted by Gasteiger charge is -2.04. The van der Waals surface area contributed by atoms with Crippen LogP contribution in [0.2, 0.25) is 5.02 Å². The van der Waals surface area contributed by atoms with Gasteiger partial charge in [0.1, 0.15) is 4.88 Å². The Labute approximate surface area is 126 Å². The number of nitrogens with one attached hydrogen (secondary N) is 1. The zero-order valence-corrected chi connectivity index (χ0v) is 12.1. The van der Waals surface area contributed by atoms with Gasteiger partial charge in [0.2, 0.25) is 0 Å². The summed E-state index contributed by atoms with van der Waals surface area (Å²) in [6.07, 6.45) is 0.432. The lowest BCUT2D eigenvalue weighted by molar-refractivity contribution is 0.103. The number of carbonyl (C=O) groups excluding carboxylic acids is 1. The topological polar surface area (TPSA) is 49.3 Å². The van der Waals surface area contributed by atoms with Crippen molar-refractivity contribution in [2.75, 3.05) is 11.9 Å². The van der Waals surface area contributed by atoms with Crippen LogP contribution < -0.4 is 5.32 Å². The first-order valence-corrected chi connectivity index (χ1v) is 7.20. The SMILES string of the molecule is O=C(Nc1cccc(C#CCCO)c1)c1sccc1Cl. The van der Waals surface area contributed by atoms with Crippen LogP contribution in [0.4, 0.5) is 5.69 Å². The molecule has 0 aliphatic rings. The largest absolute Gasteiger partial charge is 0.395 e. The Morgan fingerprint density at radius 2 is 2.25 bits per heavy atom. The van der Waals surface area contributed by atoms with E-state index in [0.29, 0.717) is 22.0 Å². The van der Waals surface area contributed by atoms with E-state index >= 15 is 0 Å². The van der Waals surface area contributed by atoms with Gasteiger partial charge in [-0.1, -0.05) is 29.5 Å². The smallest absolute Gasteiger partial charge is 0.267 e. The highest BCUT2D eigenvalue weighted by atomic mass is 35.5. The van der Waals surface area contributed by atoms with Gasteiger partial charge in [-0.05, 0) is 29.6 Å². The molecule has 0 fully saturated rings. The molecule has 20 heavy (non-hydrogen) atoms. The molecule has 0 saturated heterocycles. The first kappa shape index (κ1) is 14.6. The minimum atomic E-state index is -0.231. The maximum atomic E-state index is 12.0. The van der Waals surface area contributed by atoms with Crippen LogP contribution in [0.25, 0.3) is 0 Å². The average molecular weight is 306 g/mol. The van der Waals surface area contributed by atoms with E-state index in [2.05, 4.69) is 17.2 Å². The normalized spacial score (nSPS) is 9.70. The van der Waals surface area contributed by atoms with Crippen LogP contribution in [0.5, 0.6) is 0 Å². The summed E-state index contributed by atoms with van der Waals surface area (Å²) in [5.41, 5.74) is 1.45. The second kappa shape index (κ2) is 7.11. The number of benzene rings is 1. The van der Waals surface area contributed by atoms with Gasteiger partial charge in [-0.15, -0.1) is 11.3 Å². The zero-order valence-electron chi connectivity index (χ0n) is 10.5. The van der Waals surface area contributed by atoms with Gasteiger partial charge in [0, 0.05) is 17.7 Å². The quantitative estimate of drug-likeness (QED) is 0.854. The molecule has 3 nitrogen and oxygen atoms in total. The highest BCUT2D eigenvalue weighted by Gasteiger charge is 2.11. The van der Waals surface area contributed by atoms with Crippen molar-refractivity contribution in [2.24, 2.45) is 0 Å². The second-order valence-electron chi connectivity index (χ2n) is 3.91. The van der Waals surface area contributed by atoms with Crippen LogP contribution in [0.3, 0.4) is 0 Å². The molecule has 1 amide bonds. The third-order valence-electron chi connectivity index (χ3n) is 2.41. The van der Waals surface area contributed by atoms with E-state index in [1.807, 2.05) is 12.1 Å². The Balaban J connectivity index is 2.11. The van der Waals surface area contributed by atoms with Crippen LogP contribution >= 0.6 is 22.9 Å². The van der Waals surface area contributed by atoms with Gasteiger partial charge in [-0.2, -0.15) is 0 Å². The Hall–Kier alpha value is -1.80. The van der Waals surface area contributed by atoms with Crippen molar-refractivity contribution >= 4 is 34.5 Å². The number of aliphatic hydroxyl groups is 1. The Morgan fingerprint density at radius 3 is 2.95 bits per heavy atom. The van der Waals surface area contributed by atoms with Crippen LogP contribution in [0, 0.1) is 11.8 Å². The molecule has 1 heterocycles. The fourth-order valence-corrected chi connectivity index (χ4v) is 2.57. The number of carbonyl (C=O) groups is 1. The molecule has 0 aliphatic carbocycles. The van der Waals surface area contributed by atoms with E-state index in [0.717, 1.165) is 5.56 Å². The van der Waals surface area contributed by atoms with E-state index in [1.54, 1.807) is 23.6 Å². The predicted octanol–water partition coefficient (Wildman–Crippen LogP) is 3.39. The highest BCUT2D eigenvalue weighted by molar-refractivity contribution is 7.12. The Bertz CT molecular complexity index is 670. The molecule has 0 atom stereocenters. The van der Waals surface area contributed by atoms with Crippen LogP contribution in [0.1, 0.15) is 21.7 Å². The molecule has 5 heteroatoms. The Morgan fingerprint density at radius 1 is 1.40 bits per heavy atom. The van der Waals surface area contributed by atoms with Crippen LogP contribution in [-0.4, -0.2) is 17.6 Å². The van der Waals surface area contributed by atoms with Crippen LogP contribution in [0.15, 0.2) is 35.7 Å². The summed E-state index contributed by atoms with van der Waals surface area (Å²) in [7, 11) is 0. The lowest BCUT2D eigenvalue weighted by Crippen LogP contribution is -2.10. The van der Waals surface area contributed by atoms with Crippen LogP contribution in [-0.2, 0) is 0 Å². The molecule has 0 aliphatic heterocycles. The van der Waals surface area contributed by atoms with E-state index in [-0.39, 0.29) is 12.5 Å². The molecule has 0 bridgehead atoms. The molecule has 0 saturated carbocycles. The first-order valence-electron chi connectivity index (χ1n) is 5.95. The first-order chi connectivity index (χ1) is 9.70. The highest BCUT2D eigenvalue weighted by Crippen LogP contribution is 2.23. The maximum Gasteiger partial charge on any atom is 0.267 e. The van der Waals surface area contributed by atoms with Gasteiger partial charge in [0.25, 0.3) is 5.91 Å². The molecule has 102 valence electrons. The summed E-state index contributed by atoms with van der Waals surface area (Å²) in [5.74, 6) is 5.53. The van der Waals surface area contributed by atoms with Gasteiger partial charge in [-0.3, -0.25) is 4.79 Å². The monoisotopic (exact) mass is 305 g/mol. The van der Waals surface area contributed by atoms with Gasteiger partial charge in [0.05, 0.1) is 11.6 Å². The van der Waals surface area contributed by atoms with E-state index in [4.69, 9.17) is 16.7 Å². The molecule has 0 radical (unpaired) electrons. The number of halogens is 1. The third-order valence-corrected chi connectivity index (χ3v) is 3.75. The minimum absolute atomic E-state index is 0.0420. The second-order valence-corrected chi connectivity index (χ2v) is 5.23. The molecule has 2 N–H and O–H groups in total. The van der Waals surface area contributed by atoms with Gasteiger partial charge in [-0.25, -0.2) is 0 Å². The molecular formula is C15H12ClNO2S. The average Bonchev–Trinajstić information content (AvgIpc) is 2.86. The maximum absolute atomic E-state index is 12.0. The molecule has 1 aromatic carbocycles. The number of anilines is 1. The number of amides is 1. The molecule has 0 spiro atoms. The van der Waals surface area contributed by atoms with Crippen molar-refractivity contribution in [1.29, 1.82) is 0 Å². The summed E-state index contributed by atoms with van der Waals surface area (Å²) >= 11 is 7.22. The fourth-order valence-electron chi connectivity index (χ4n) is 1.54. The van der Waals surface area contributed by atoms with Crippen molar-refractivity contribution in [3.63, 3.8) is 0 Å². The number of rotatable bonds is 3. The van der Waals surface area contributed by atoms with Gasteiger partial charge in [0.15, 0.2) is 0 Å². The Kier molecular flexibility index (Phi) is 5.19. The standard InChI is InChI=1S/C15H12ClNO2S/c16-13-7-9-20-14(13)15(19)17-12-6-3-5-11(10-12)4-1-2-8-18/h3,5-7,9-10,18H,2,8H2,(H,17,19). The van der Waals surface area contributed by atoms with Crippen molar-refractivity contribution < 1.29 is 9.90 Å². The van der Waals surface area contributed by atoms with Gasteiger partial charge < -0.3 is 10.4 Å². The molecule has 2 rings (SSSR count). The third kappa shape index (κ3) is 3.84. The number of thiophene rings is 1. The molecule has 2 aromatic rings. The van der Waals surface area contributed by atoms with Gasteiger partial charge >= 0.3 is 0 Å². The molecular weight excluding hydrogens is 294 g/mol. The lowest BCUT2D eigenvalue weighted by atomic mass is 10.2. The minimum Gasteiger partial charge on any atom is -0.395 e. The summed E-state index contributed by atoms with van der Waals surface area (Å²) in [4.78, 5) is 12.5. The van der Waals surface area contributed by atoms with Crippen molar-refractivity contribution in [3.8, 4) is 11.8 Å². The zero-order chi connectivity index (χ0) is 14.4. The summed E-state index contributed by atoms with van der Waals surface area (Å²) in [6.45, 7) is 0.0420. The summed E-state index contributed by atoms with van der Waals surface area (Å²) in [5, 5.41) is 13.7. The number of hydrogen-bond acceptors (Lipinski definition) is 3.